The number of aromatic carboxylic acids is 1. The molecule has 8 nitrogen and oxygen atoms in total. The maximum Gasteiger partial charge on any atom is 0.337 e. The zero-order valence-electron chi connectivity index (χ0n) is 13.8. The molecule has 10 heteroatoms. The van der Waals surface area contributed by atoms with Gasteiger partial charge < -0.3 is 14.8 Å². The van der Waals surface area contributed by atoms with Crippen molar-refractivity contribution < 1.29 is 24.0 Å². The molecule has 0 radical (unpaired) electrons. The Balaban J connectivity index is 1.86. The lowest BCUT2D eigenvalue weighted by Gasteiger charge is -2.08. The van der Waals surface area contributed by atoms with E-state index in [4.69, 9.17) is 32.7 Å². The summed E-state index contributed by atoms with van der Waals surface area (Å²) >= 11 is 11.8. The first-order valence-corrected chi connectivity index (χ1v) is 8.40. The standard InChI is InChI=1S/C18H10Cl2N2O6/c19-12-8-13(20)14(7-11(12)18(24)25)21-17(23)16-5-4-15(28-16)9-2-1-3-10(6-9)22(26)27/h1-8H,(H,21,23)(H,24,25). The van der Waals surface area contributed by atoms with Crippen LogP contribution < -0.4 is 5.32 Å². The highest BCUT2D eigenvalue weighted by molar-refractivity contribution is 6.38. The topological polar surface area (TPSA) is 123 Å². The molecule has 3 aromatic rings. The molecule has 0 aliphatic heterocycles. The summed E-state index contributed by atoms with van der Waals surface area (Å²) in [7, 11) is 0. The number of carboxylic acid groups (broad SMARTS) is 1. The number of benzene rings is 2. The van der Waals surface area contributed by atoms with Gasteiger partial charge in [0.25, 0.3) is 11.6 Å². The number of carboxylic acids is 1. The molecule has 0 fully saturated rings. The molecule has 2 aromatic carbocycles. The van der Waals surface area contributed by atoms with Crippen molar-refractivity contribution in [2.75, 3.05) is 5.32 Å². The van der Waals surface area contributed by atoms with Crippen LogP contribution in [0.1, 0.15) is 20.9 Å². The predicted molar refractivity (Wildman–Crippen MR) is 102 cm³/mol. The van der Waals surface area contributed by atoms with Gasteiger partial charge in [-0.15, -0.1) is 0 Å². The zero-order chi connectivity index (χ0) is 20.4. The molecule has 0 atom stereocenters. The van der Waals surface area contributed by atoms with Crippen molar-refractivity contribution in [2.45, 2.75) is 0 Å². The van der Waals surface area contributed by atoms with Crippen LogP contribution in [0, 0.1) is 10.1 Å². The van der Waals surface area contributed by atoms with Gasteiger partial charge in [0, 0.05) is 17.7 Å². The Morgan fingerprint density at radius 3 is 2.50 bits per heavy atom. The number of nitro groups is 1. The third kappa shape index (κ3) is 3.98. The Kier molecular flexibility index (Phi) is 5.34. The number of nitrogens with zero attached hydrogens (tertiary/aromatic N) is 1. The molecule has 1 heterocycles. The summed E-state index contributed by atoms with van der Waals surface area (Å²) in [5.74, 6) is -1.80. The minimum Gasteiger partial charge on any atom is -0.478 e. The number of furan rings is 1. The largest absolute Gasteiger partial charge is 0.478 e. The third-order valence-electron chi connectivity index (χ3n) is 3.71. The second kappa shape index (κ2) is 7.71. The molecule has 1 amide bonds. The smallest absolute Gasteiger partial charge is 0.337 e. The Labute approximate surface area is 167 Å². The lowest BCUT2D eigenvalue weighted by atomic mass is 10.1. The van der Waals surface area contributed by atoms with E-state index in [0.717, 1.165) is 6.07 Å². The van der Waals surface area contributed by atoms with E-state index in [2.05, 4.69) is 5.32 Å². The van der Waals surface area contributed by atoms with Gasteiger partial charge in [0.1, 0.15) is 5.76 Å². The number of nitro benzene ring substituents is 1. The van der Waals surface area contributed by atoms with Crippen LogP contribution >= 0.6 is 23.2 Å². The molecule has 0 aliphatic carbocycles. The van der Waals surface area contributed by atoms with Crippen LogP contribution in [0.5, 0.6) is 0 Å². The van der Waals surface area contributed by atoms with Crippen molar-refractivity contribution >= 4 is 46.5 Å². The number of carbonyl (C=O) groups excluding carboxylic acids is 1. The summed E-state index contributed by atoms with van der Waals surface area (Å²) in [4.78, 5) is 33.9. The monoisotopic (exact) mass is 420 g/mol. The van der Waals surface area contributed by atoms with Crippen LogP contribution in [0.3, 0.4) is 0 Å². The number of halogens is 2. The fourth-order valence-corrected chi connectivity index (χ4v) is 2.89. The van der Waals surface area contributed by atoms with E-state index in [0.29, 0.717) is 5.56 Å². The zero-order valence-corrected chi connectivity index (χ0v) is 15.3. The van der Waals surface area contributed by atoms with E-state index >= 15 is 0 Å². The van der Waals surface area contributed by atoms with Gasteiger partial charge in [0.05, 0.1) is 26.2 Å². The van der Waals surface area contributed by atoms with E-state index < -0.39 is 16.8 Å². The third-order valence-corrected chi connectivity index (χ3v) is 4.33. The maximum absolute atomic E-state index is 12.4. The average molecular weight is 421 g/mol. The normalized spacial score (nSPS) is 10.5. The van der Waals surface area contributed by atoms with Crippen LogP contribution in [0.4, 0.5) is 11.4 Å². The predicted octanol–water partition coefficient (Wildman–Crippen LogP) is 5.11. The molecule has 142 valence electrons. The summed E-state index contributed by atoms with van der Waals surface area (Å²) < 4.78 is 5.46. The lowest BCUT2D eigenvalue weighted by molar-refractivity contribution is -0.384. The number of hydrogen-bond acceptors (Lipinski definition) is 5. The number of hydrogen-bond donors (Lipinski definition) is 2. The van der Waals surface area contributed by atoms with Gasteiger partial charge >= 0.3 is 5.97 Å². The van der Waals surface area contributed by atoms with Gasteiger partial charge in [-0.3, -0.25) is 14.9 Å². The molecule has 28 heavy (non-hydrogen) atoms. The van der Waals surface area contributed by atoms with Crippen LogP contribution in [0.25, 0.3) is 11.3 Å². The summed E-state index contributed by atoms with van der Waals surface area (Å²) in [6.45, 7) is 0. The quantitative estimate of drug-likeness (QED) is 0.436. The average Bonchev–Trinajstić information content (AvgIpc) is 3.14. The van der Waals surface area contributed by atoms with E-state index in [-0.39, 0.29) is 38.5 Å². The van der Waals surface area contributed by atoms with E-state index in [1.54, 1.807) is 6.07 Å². The van der Waals surface area contributed by atoms with Crippen molar-refractivity contribution in [1.29, 1.82) is 0 Å². The first-order chi connectivity index (χ1) is 13.3. The number of rotatable bonds is 5. The van der Waals surface area contributed by atoms with Gasteiger partial charge in [0.15, 0.2) is 5.76 Å². The Morgan fingerprint density at radius 2 is 1.82 bits per heavy atom. The fraction of sp³-hybridized carbons (Fsp3) is 0. The fourth-order valence-electron chi connectivity index (χ4n) is 2.38. The van der Waals surface area contributed by atoms with Crippen molar-refractivity contribution in [3.63, 3.8) is 0 Å². The lowest BCUT2D eigenvalue weighted by Crippen LogP contribution is -2.12. The summed E-state index contributed by atoms with van der Waals surface area (Å²) in [6.07, 6.45) is 0. The van der Waals surface area contributed by atoms with Crippen molar-refractivity contribution in [2.24, 2.45) is 0 Å². The van der Waals surface area contributed by atoms with Gasteiger partial charge in [-0.2, -0.15) is 0 Å². The van der Waals surface area contributed by atoms with Gasteiger partial charge in [0.2, 0.25) is 0 Å². The highest BCUT2D eigenvalue weighted by Crippen LogP contribution is 2.30. The van der Waals surface area contributed by atoms with E-state index in [9.17, 15) is 19.7 Å². The molecular formula is C18H10Cl2N2O6. The van der Waals surface area contributed by atoms with Crippen LogP contribution in [-0.2, 0) is 0 Å². The van der Waals surface area contributed by atoms with Gasteiger partial charge in [-0.1, -0.05) is 35.3 Å². The van der Waals surface area contributed by atoms with Gasteiger partial charge in [-0.05, 0) is 24.3 Å². The number of anilines is 1. The van der Waals surface area contributed by atoms with Gasteiger partial charge in [-0.25, -0.2) is 4.79 Å². The van der Waals surface area contributed by atoms with Crippen molar-refractivity contribution in [3.8, 4) is 11.3 Å². The first kappa shape index (κ1) is 19.4. The minimum atomic E-state index is -1.27. The molecule has 0 saturated carbocycles. The van der Waals surface area contributed by atoms with E-state index in [1.807, 2.05) is 0 Å². The highest BCUT2D eigenvalue weighted by Gasteiger charge is 2.18. The summed E-state index contributed by atoms with van der Waals surface area (Å²) in [5, 5.41) is 22.4. The molecule has 3 rings (SSSR count). The van der Waals surface area contributed by atoms with Crippen molar-refractivity contribution in [3.05, 3.63) is 80.0 Å². The molecule has 0 bridgehead atoms. The number of nitrogens with one attached hydrogen (secondary N) is 1. The van der Waals surface area contributed by atoms with Crippen LogP contribution in [0.15, 0.2) is 52.9 Å². The number of non-ortho nitro benzene ring substituents is 1. The molecule has 1 aromatic heterocycles. The highest BCUT2D eigenvalue weighted by atomic mass is 35.5. The summed E-state index contributed by atoms with van der Waals surface area (Å²) in [5.41, 5.74) is 0.125. The Hall–Kier alpha value is -3.36. The molecule has 0 unspecified atom stereocenters. The maximum atomic E-state index is 12.4. The molecule has 0 spiro atoms. The van der Waals surface area contributed by atoms with E-state index in [1.165, 1.54) is 36.4 Å². The molecule has 0 saturated heterocycles. The second-order valence-electron chi connectivity index (χ2n) is 5.54. The molecule has 2 N–H and O–H groups in total. The molecular weight excluding hydrogens is 411 g/mol. The SMILES string of the molecule is O=C(Nc1cc(C(=O)O)c(Cl)cc1Cl)c1ccc(-c2cccc([N+](=O)[O-])c2)o1. The Morgan fingerprint density at radius 1 is 1.07 bits per heavy atom. The molecule has 0 aliphatic rings. The number of carbonyl (C=O) groups is 2. The van der Waals surface area contributed by atoms with Crippen LogP contribution in [-0.4, -0.2) is 21.9 Å². The second-order valence-corrected chi connectivity index (χ2v) is 6.36. The minimum absolute atomic E-state index is 0.0433. The number of amides is 1. The summed E-state index contributed by atoms with van der Waals surface area (Å²) in [6, 6.07) is 11.0. The Bertz CT molecular complexity index is 1110. The van der Waals surface area contributed by atoms with Crippen LogP contribution in [0.2, 0.25) is 10.0 Å². The van der Waals surface area contributed by atoms with Crippen molar-refractivity contribution in [1.82, 2.24) is 0 Å². The first-order valence-electron chi connectivity index (χ1n) is 7.64.